The van der Waals surface area contributed by atoms with Gasteiger partial charge in [-0.3, -0.25) is 4.57 Å². The number of imidazole rings is 1. The van der Waals surface area contributed by atoms with Gasteiger partial charge < -0.3 is 24.8 Å². The molecule has 0 aliphatic heterocycles. The average Bonchev–Trinajstić information content (AvgIpc) is 3.09. The topological polar surface area (TPSA) is 73.7 Å². The summed E-state index contributed by atoms with van der Waals surface area (Å²) in [6.45, 7) is 9.19. The molecule has 30 heavy (non-hydrogen) atoms. The Balaban J connectivity index is 2.23. The lowest BCUT2D eigenvalue weighted by Crippen LogP contribution is -2.30. The second kappa shape index (κ2) is 8.83. The molecule has 0 amide bonds. The molecule has 2 aromatic carbocycles. The van der Waals surface area contributed by atoms with Gasteiger partial charge in [0.1, 0.15) is 17.2 Å². The van der Waals surface area contributed by atoms with E-state index in [0.717, 1.165) is 34.9 Å². The van der Waals surface area contributed by atoms with Gasteiger partial charge in [-0.2, -0.15) is 0 Å². The molecule has 0 unspecified atom stereocenters. The first kappa shape index (κ1) is 21.8. The summed E-state index contributed by atoms with van der Waals surface area (Å²) >= 11 is 5.57. The number of hydrogen-bond acceptors (Lipinski definition) is 5. The van der Waals surface area contributed by atoms with E-state index in [0.29, 0.717) is 22.8 Å². The van der Waals surface area contributed by atoms with Crippen molar-refractivity contribution in [2.75, 3.05) is 18.6 Å². The highest BCUT2D eigenvalue weighted by molar-refractivity contribution is 7.71. The molecule has 0 bridgehead atoms. The molecule has 160 valence electrons. The highest BCUT2D eigenvalue weighted by Gasteiger charge is 2.19. The summed E-state index contributed by atoms with van der Waals surface area (Å²) in [5.41, 5.74) is 3.91. The first-order valence-corrected chi connectivity index (χ1v) is 10.5. The number of methoxy groups -OCH3 is 1. The van der Waals surface area contributed by atoms with Crippen LogP contribution in [0.15, 0.2) is 36.5 Å². The van der Waals surface area contributed by atoms with E-state index >= 15 is 0 Å². The molecule has 3 rings (SSSR count). The second-order valence-electron chi connectivity index (χ2n) is 7.40. The number of aromatic hydroxyl groups is 2. The Morgan fingerprint density at radius 1 is 1.13 bits per heavy atom. The van der Waals surface area contributed by atoms with Gasteiger partial charge in [0.05, 0.1) is 24.2 Å². The van der Waals surface area contributed by atoms with E-state index in [-0.39, 0.29) is 11.5 Å². The normalized spacial score (nSPS) is 11.1. The van der Waals surface area contributed by atoms with Crippen molar-refractivity contribution in [3.63, 3.8) is 0 Å². The summed E-state index contributed by atoms with van der Waals surface area (Å²) in [4.78, 5) is 5.34. The fourth-order valence-electron chi connectivity index (χ4n) is 3.79. The molecule has 7 heteroatoms. The van der Waals surface area contributed by atoms with Crippen LogP contribution >= 0.6 is 12.2 Å². The Morgan fingerprint density at radius 3 is 2.47 bits per heavy atom. The van der Waals surface area contributed by atoms with Gasteiger partial charge >= 0.3 is 0 Å². The number of rotatable bonds is 7. The van der Waals surface area contributed by atoms with E-state index in [1.165, 1.54) is 6.07 Å². The molecule has 0 atom stereocenters. The van der Waals surface area contributed by atoms with Gasteiger partial charge in [-0.1, -0.05) is 6.92 Å². The number of H-pyrrole nitrogens is 1. The predicted octanol–water partition coefficient (Wildman–Crippen LogP) is 5.42. The predicted molar refractivity (Wildman–Crippen MR) is 124 cm³/mol. The summed E-state index contributed by atoms with van der Waals surface area (Å²) in [6, 6.07) is 9.41. The molecular formula is C23H29N3O3S. The zero-order chi connectivity index (χ0) is 22.0. The van der Waals surface area contributed by atoms with E-state index in [4.69, 9.17) is 17.0 Å². The van der Waals surface area contributed by atoms with Crippen molar-refractivity contribution in [2.24, 2.45) is 0 Å². The zero-order valence-corrected chi connectivity index (χ0v) is 18.9. The number of aromatic amines is 1. The van der Waals surface area contributed by atoms with Crippen molar-refractivity contribution in [3.05, 3.63) is 46.9 Å². The van der Waals surface area contributed by atoms with E-state index in [1.807, 2.05) is 29.7 Å². The van der Waals surface area contributed by atoms with Gasteiger partial charge in [0.2, 0.25) is 0 Å². The second-order valence-corrected chi connectivity index (χ2v) is 7.79. The van der Waals surface area contributed by atoms with Gasteiger partial charge in [-0.05, 0) is 69.2 Å². The minimum atomic E-state index is -0.00134. The summed E-state index contributed by atoms with van der Waals surface area (Å²) in [6.07, 6.45) is 2.43. The molecule has 3 N–H and O–H groups in total. The molecule has 0 spiro atoms. The number of benzene rings is 2. The number of hydrogen-bond donors (Lipinski definition) is 3. The number of ether oxygens (including phenoxy) is 1. The average molecular weight is 428 g/mol. The Hall–Kier alpha value is -2.93. The van der Waals surface area contributed by atoms with Crippen LogP contribution in [-0.4, -0.2) is 39.5 Å². The van der Waals surface area contributed by atoms with Gasteiger partial charge in [0.15, 0.2) is 4.77 Å². The van der Waals surface area contributed by atoms with Crippen molar-refractivity contribution in [3.8, 4) is 34.2 Å². The molecular weight excluding hydrogens is 398 g/mol. The number of phenolic OH excluding ortho intramolecular Hbond substituents is 2. The molecule has 0 fully saturated rings. The Bertz CT molecular complexity index is 1100. The largest absolute Gasteiger partial charge is 0.508 e. The summed E-state index contributed by atoms with van der Waals surface area (Å²) in [5, 5.41) is 20.6. The summed E-state index contributed by atoms with van der Waals surface area (Å²) in [5.74, 6) is 0.874. The number of nitrogens with zero attached hydrogens (tertiary/aromatic N) is 2. The standard InChI is InChI=1S/C23H29N3O3S/c1-6-15-10-17(21(28)12-20(15)27)19-13-24-23(30)26(19)16-8-9-22(29-5)18(11-16)25(7-2)14(3)4/h8-14,27-28H,6-7H2,1-5H3,(H,24,30). The number of aryl methyl sites for hydroxylation is 1. The van der Waals surface area contributed by atoms with Crippen LogP contribution in [0.1, 0.15) is 33.3 Å². The lowest BCUT2D eigenvalue weighted by Gasteiger charge is -2.29. The smallest absolute Gasteiger partial charge is 0.182 e. The SMILES string of the molecule is CCc1cc(-c2c[nH]c(=S)n2-c2ccc(OC)c(N(CC)C(C)C)c2)c(O)cc1O. The minimum absolute atomic E-state index is 0.00134. The van der Waals surface area contributed by atoms with Gasteiger partial charge in [0.25, 0.3) is 0 Å². The van der Waals surface area contributed by atoms with Crippen LogP contribution < -0.4 is 9.64 Å². The highest BCUT2D eigenvalue weighted by Crippen LogP contribution is 2.38. The maximum Gasteiger partial charge on any atom is 0.182 e. The molecule has 0 aliphatic carbocycles. The Labute approximate surface area is 182 Å². The number of phenols is 2. The molecule has 0 radical (unpaired) electrons. The number of aromatic nitrogens is 2. The van der Waals surface area contributed by atoms with Crippen LogP contribution in [0, 0.1) is 4.77 Å². The van der Waals surface area contributed by atoms with Crippen molar-refractivity contribution in [2.45, 2.75) is 40.2 Å². The number of anilines is 1. The lowest BCUT2D eigenvalue weighted by atomic mass is 10.0. The van der Waals surface area contributed by atoms with E-state index in [2.05, 4.69) is 30.7 Å². The lowest BCUT2D eigenvalue weighted by molar-refractivity contribution is 0.413. The molecule has 0 saturated carbocycles. The fraction of sp³-hybridized carbons (Fsp3) is 0.348. The van der Waals surface area contributed by atoms with E-state index in [9.17, 15) is 10.2 Å². The molecule has 1 aromatic heterocycles. The van der Waals surface area contributed by atoms with Gasteiger partial charge in [0, 0.05) is 30.4 Å². The molecule has 1 heterocycles. The van der Waals surface area contributed by atoms with Crippen LogP contribution in [0.2, 0.25) is 0 Å². The molecule has 0 aliphatic rings. The number of nitrogens with one attached hydrogen (secondary N) is 1. The van der Waals surface area contributed by atoms with Gasteiger partial charge in [-0.25, -0.2) is 0 Å². The van der Waals surface area contributed by atoms with Crippen molar-refractivity contribution < 1.29 is 14.9 Å². The maximum absolute atomic E-state index is 10.5. The fourth-order valence-corrected chi connectivity index (χ4v) is 4.05. The van der Waals surface area contributed by atoms with Crippen molar-refractivity contribution in [1.82, 2.24) is 9.55 Å². The Morgan fingerprint density at radius 2 is 1.87 bits per heavy atom. The molecule has 3 aromatic rings. The quantitative estimate of drug-likeness (QED) is 0.439. The third-order valence-electron chi connectivity index (χ3n) is 5.32. The highest BCUT2D eigenvalue weighted by atomic mass is 32.1. The third kappa shape index (κ3) is 3.89. The van der Waals surface area contributed by atoms with Gasteiger partial charge in [-0.15, -0.1) is 0 Å². The first-order valence-electron chi connectivity index (χ1n) is 10.1. The van der Waals surface area contributed by atoms with Crippen LogP contribution in [0.3, 0.4) is 0 Å². The summed E-state index contributed by atoms with van der Waals surface area (Å²) in [7, 11) is 1.67. The van der Waals surface area contributed by atoms with Crippen LogP contribution in [0.25, 0.3) is 16.9 Å². The first-order chi connectivity index (χ1) is 14.3. The van der Waals surface area contributed by atoms with Crippen LogP contribution in [-0.2, 0) is 6.42 Å². The minimum Gasteiger partial charge on any atom is -0.508 e. The van der Waals surface area contributed by atoms with Crippen molar-refractivity contribution >= 4 is 17.9 Å². The van der Waals surface area contributed by atoms with E-state index < -0.39 is 0 Å². The Kier molecular flexibility index (Phi) is 6.41. The van der Waals surface area contributed by atoms with Crippen LogP contribution in [0.5, 0.6) is 17.2 Å². The summed E-state index contributed by atoms with van der Waals surface area (Å²) < 4.78 is 8.01. The monoisotopic (exact) mass is 427 g/mol. The molecule has 6 nitrogen and oxygen atoms in total. The van der Waals surface area contributed by atoms with Crippen LogP contribution in [0.4, 0.5) is 5.69 Å². The van der Waals surface area contributed by atoms with Crippen molar-refractivity contribution in [1.29, 1.82) is 0 Å². The zero-order valence-electron chi connectivity index (χ0n) is 18.1. The maximum atomic E-state index is 10.5. The third-order valence-corrected chi connectivity index (χ3v) is 5.62. The molecule has 0 saturated heterocycles. The van der Waals surface area contributed by atoms with E-state index in [1.54, 1.807) is 19.4 Å².